The molecule has 3 N–H and O–H groups in total. The maximum atomic E-state index is 13.5. The third kappa shape index (κ3) is 2.12. The van der Waals surface area contributed by atoms with Crippen LogP contribution in [0, 0.1) is 11.7 Å². The standard InChI is InChI=1S/C23H20FNO6/c1-12(2)11-25-20(27)18(26)17-19(13-7-9-14(24)10-8-13)31-23(30)16-6-4-3-5-15(16)22(28,29)21(17,23)25/h3-10,12,28-30H,11H2,1-2H3/t21-,23+/m1/s1. The average Bonchev–Trinajstić information content (AvgIpc) is 3.19. The zero-order valence-electron chi connectivity index (χ0n) is 16.8. The van der Waals surface area contributed by atoms with Crippen molar-refractivity contribution in [3.8, 4) is 0 Å². The molecule has 3 aliphatic rings. The second-order valence-corrected chi connectivity index (χ2v) is 8.52. The van der Waals surface area contributed by atoms with E-state index >= 15 is 0 Å². The molecule has 0 saturated carbocycles. The van der Waals surface area contributed by atoms with Crippen LogP contribution in [0.2, 0.25) is 0 Å². The van der Waals surface area contributed by atoms with E-state index < -0.39 is 34.6 Å². The maximum Gasteiger partial charge on any atom is 0.296 e. The Labute approximate surface area is 177 Å². The van der Waals surface area contributed by atoms with Crippen molar-refractivity contribution in [1.29, 1.82) is 0 Å². The minimum absolute atomic E-state index is 0.0332. The molecule has 2 aromatic carbocycles. The van der Waals surface area contributed by atoms with Crippen LogP contribution in [-0.4, -0.2) is 44.0 Å². The first-order valence-electron chi connectivity index (χ1n) is 9.90. The number of ketones is 1. The Bertz CT molecular complexity index is 1170. The first-order valence-corrected chi connectivity index (χ1v) is 9.90. The lowest BCUT2D eigenvalue weighted by molar-refractivity contribution is -0.312. The fraction of sp³-hybridized carbons (Fsp3) is 0.304. The van der Waals surface area contributed by atoms with E-state index in [2.05, 4.69) is 0 Å². The van der Waals surface area contributed by atoms with Crippen molar-refractivity contribution < 1.29 is 34.0 Å². The Kier molecular flexibility index (Phi) is 3.85. The van der Waals surface area contributed by atoms with E-state index in [0.717, 1.165) is 17.0 Å². The molecule has 0 aromatic heterocycles. The Balaban J connectivity index is 1.88. The highest BCUT2D eigenvalue weighted by Gasteiger charge is 2.85. The van der Waals surface area contributed by atoms with Gasteiger partial charge in [0.05, 0.1) is 5.57 Å². The molecule has 2 atom stereocenters. The lowest BCUT2D eigenvalue weighted by Gasteiger charge is -2.45. The summed E-state index contributed by atoms with van der Waals surface area (Å²) in [6, 6.07) is 10.9. The van der Waals surface area contributed by atoms with Gasteiger partial charge in [0, 0.05) is 23.2 Å². The first kappa shape index (κ1) is 19.9. The van der Waals surface area contributed by atoms with Gasteiger partial charge in [-0.25, -0.2) is 4.39 Å². The number of fused-ring (bicyclic) bond motifs is 2. The Morgan fingerprint density at radius 1 is 1.00 bits per heavy atom. The number of rotatable bonds is 3. The summed E-state index contributed by atoms with van der Waals surface area (Å²) >= 11 is 0. The van der Waals surface area contributed by atoms with Gasteiger partial charge in [0.15, 0.2) is 0 Å². The number of Topliss-reactive ketones (excluding diaryl/α,β-unsaturated/α-hetero) is 1. The van der Waals surface area contributed by atoms with Gasteiger partial charge in [0.2, 0.25) is 11.3 Å². The highest BCUT2D eigenvalue weighted by molar-refractivity contribution is 6.48. The fourth-order valence-corrected chi connectivity index (χ4v) is 5.09. The number of carbonyl (C=O) groups excluding carboxylic acids is 2. The summed E-state index contributed by atoms with van der Waals surface area (Å²) in [5.74, 6) is -8.12. The fourth-order valence-electron chi connectivity index (χ4n) is 5.09. The molecule has 8 heteroatoms. The van der Waals surface area contributed by atoms with Crippen LogP contribution in [0.5, 0.6) is 0 Å². The van der Waals surface area contributed by atoms with Crippen molar-refractivity contribution >= 4 is 17.4 Å². The van der Waals surface area contributed by atoms with Crippen molar-refractivity contribution in [1.82, 2.24) is 4.90 Å². The van der Waals surface area contributed by atoms with Crippen LogP contribution in [0.1, 0.15) is 30.5 Å². The monoisotopic (exact) mass is 425 g/mol. The number of nitrogens with zero attached hydrogens (tertiary/aromatic N) is 1. The van der Waals surface area contributed by atoms with Crippen LogP contribution in [-0.2, 0) is 25.9 Å². The van der Waals surface area contributed by atoms with Crippen molar-refractivity contribution in [3.63, 3.8) is 0 Å². The van der Waals surface area contributed by atoms with E-state index in [0.29, 0.717) is 0 Å². The molecule has 1 amide bonds. The maximum absolute atomic E-state index is 13.5. The van der Waals surface area contributed by atoms with Crippen LogP contribution in [0.15, 0.2) is 54.1 Å². The van der Waals surface area contributed by atoms with E-state index in [1.54, 1.807) is 26.0 Å². The number of carbonyl (C=O) groups is 2. The van der Waals surface area contributed by atoms with E-state index in [4.69, 9.17) is 4.74 Å². The van der Waals surface area contributed by atoms with E-state index in [1.165, 1.54) is 24.3 Å². The highest BCUT2D eigenvalue weighted by atomic mass is 19.1. The highest BCUT2D eigenvalue weighted by Crippen LogP contribution is 2.67. The Morgan fingerprint density at radius 2 is 1.61 bits per heavy atom. The molecular weight excluding hydrogens is 405 g/mol. The molecule has 31 heavy (non-hydrogen) atoms. The summed E-state index contributed by atoms with van der Waals surface area (Å²) in [5.41, 5.74) is -2.48. The van der Waals surface area contributed by atoms with Crippen LogP contribution < -0.4 is 0 Å². The number of amides is 1. The molecule has 0 radical (unpaired) electrons. The predicted molar refractivity (Wildman–Crippen MR) is 105 cm³/mol. The number of hydrogen-bond donors (Lipinski definition) is 3. The minimum Gasteiger partial charge on any atom is -0.454 e. The topological polar surface area (TPSA) is 107 Å². The van der Waals surface area contributed by atoms with Crippen molar-refractivity contribution in [2.45, 2.75) is 31.0 Å². The smallest absolute Gasteiger partial charge is 0.296 e. The SMILES string of the molecule is CC(C)CN1C(=O)C(=O)C2=C(c3ccc(F)cc3)O[C@@]3(O)c4ccccc4C(O)(O)[C@@]213. The quantitative estimate of drug-likeness (QED) is 0.507. The van der Waals surface area contributed by atoms with Crippen LogP contribution in [0.3, 0.4) is 0 Å². The number of likely N-dealkylation sites (tertiary alicyclic amines) is 1. The van der Waals surface area contributed by atoms with Crippen LogP contribution in [0.4, 0.5) is 4.39 Å². The van der Waals surface area contributed by atoms with Crippen molar-refractivity contribution in [3.05, 3.63) is 76.6 Å². The molecule has 1 aliphatic carbocycles. The Morgan fingerprint density at radius 3 is 2.23 bits per heavy atom. The molecule has 0 unspecified atom stereocenters. The van der Waals surface area contributed by atoms with Gasteiger partial charge in [0.1, 0.15) is 11.6 Å². The molecule has 1 fully saturated rings. The number of halogens is 1. The lowest BCUT2D eigenvalue weighted by Crippen LogP contribution is -2.66. The van der Waals surface area contributed by atoms with Gasteiger partial charge < -0.3 is 25.0 Å². The molecule has 160 valence electrons. The zero-order valence-corrected chi connectivity index (χ0v) is 16.8. The Hall–Kier alpha value is -3.07. The van der Waals surface area contributed by atoms with Gasteiger partial charge in [-0.05, 0) is 30.2 Å². The summed E-state index contributed by atoms with van der Waals surface area (Å²) in [6.07, 6.45) is 0. The molecule has 7 nitrogen and oxygen atoms in total. The van der Waals surface area contributed by atoms with Gasteiger partial charge in [-0.2, -0.15) is 0 Å². The van der Waals surface area contributed by atoms with Gasteiger partial charge in [-0.1, -0.05) is 38.1 Å². The zero-order chi connectivity index (χ0) is 22.3. The van der Waals surface area contributed by atoms with E-state index in [-0.39, 0.29) is 40.5 Å². The molecule has 2 heterocycles. The summed E-state index contributed by atoms with van der Waals surface area (Å²) in [5, 5.41) is 34.8. The van der Waals surface area contributed by atoms with Gasteiger partial charge in [0.25, 0.3) is 17.5 Å². The van der Waals surface area contributed by atoms with Gasteiger partial charge in [-0.3, -0.25) is 9.59 Å². The first-order chi connectivity index (χ1) is 14.6. The molecule has 1 spiro atoms. The third-order valence-electron chi connectivity index (χ3n) is 6.23. The molecule has 2 aromatic rings. The summed E-state index contributed by atoms with van der Waals surface area (Å²) in [7, 11) is 0. The third-order valence-corrected chi connectivity index (χ3v) is 6.23. The predicted octanol–water partition coefficient (Wildman–Crippen LogP) is 1.37. The molecule has 1 saturated heterocycles. The normalized spacial score (nSPS) is 28.2. The van der Waals surface area contributed by atoms with Crippen LogP contribution in [0.25, 0.3) is 5.76 Å². The molecule has 5 rings (SSSR count). The molecule has 0 bridgehead atoms. The van der Waals surface area contributed by atoms with Crippen molar-refractivity contribution in [2.75, 3.05) is 6.54 Å². The second kappa shape index (κ2) is 6.00. The summed E-state index contributed by atoms with van der Waals surface area (Å²) in [6.45, 7) is 3.56. The largest absolute Gasteiger partial charge is 0.454 e. The number of hydrogen-bond acceptors (Lipinski definition) is 6. The average molecular weight is 425 g/mol. The van der Waals surface area contributed by atoms with E-state index in [1.807, 2.05) is 0 Å². The number of benzene rings is 2. The number of ether oxygens (including phenoxy) is 1. The molecular formula is C23H20FNO6. The summed E-state index contributed by atoms with van der Waals surface area (Å²) in [4.78, 5) is 27.3. The minimum atomic E-state index is -2.83. The number of aliphatic hydroxyl groups is 3. The van der Waals surface area contributed by atoms with E-state index in [9.17, 15) is 29.3 Å². The van der Waals surface area contributed by atoms with Crippen molar-refractivity contribution in [2.24, 2.45) is 5.92 Å². The van der Waals surface area contributed by atoms with Gasteiger partial charge in [-0.15, -0.1) is 0 Å². The van der Waals surface area contributed by atoms with Crippen LogP contribution >= 0.6 is 0 Å². The lowest BCUT2D eigenvalue weighted by atomic mass is 9.78. The summed E-state index contributed by atoms with van der Waals surface area (Å²) < 4.78 is 19.4. The molecule has 2 aliphatic heterocycles. The second-order valence-electron chi connectivity index (χ2n) is 8.52. The van der Waals surface area contributed by atoms with Gasteiger partial charge >= 0.3 is 0 Å².